The van der Waals surface area contributed by atoms with Crippen molar-refractivity contribution in [3.05, 3.63) is 73.2 Å². The van der Waals surface area contributed by atoms with E-state index in [1.54, 1.807) is 6.33 Å². The number of rotatable bonds is 1. The number of benzene rings is 2. The minimum atomic E-state index is 0.605. The molecule has 0 atom stereocenters. The lowest BCUT2D eigenvalue weighted by atomic mass is 10.2. The Bertz CT molecular complexity index is 928. The number of aromatic nitrogens is 3. The molecule has 4 rings (SSSR count). The number of fused-ring (bicyclic) bond motifs is 2. The number of aliphatic imine (C=N–C) groups is 1. The van der Waals surface area contributed by atoms with Crippen molar-refractivity contribution in [1.82, 2.24) is 15.0 Å². The minimum Gasteiger partial charge on any atom is -0.244 e. The highest BCUT2D eigenvalue weighted by atomic mass is 32.1. The summed E-state index contributed by atoms with van der Waals surface area (Å²) in [5, 5.41) is 4.49. The number of nitrogens with zero attached hydrogens (tertiary/aromatic N) is 4. The number of para-hydroxylation sites is 2. The van der Waals surface area contributed by atoms with Crippen LogP contribution >= 0.6 is 12.2 Å². The Kier molecular flexibility index (Phi) is 4.74. The second-order valence-corrected chi connectivity index (χ2v) is 4.83. The monoisotopic (exact) mass is 316 g/mol. The summed E-state index contributed by atoms with van der Waals surface area (Å²) in [7, 11) is 0. The lowest BCUT2D eigenvalue weighted by molar-refractivity contribution is 1.22. The van der Waals surface area contributed by atoms with Gasteiger partial charge < -0.3 is 0 Å². The standard InChI is InChI=1S/C10H6N2S.C8H6N2/c13-7-11-10-6-5-8-3-1-2-4-9(8)12-10;1-2-4-8-7(3-1)5-9-6-10-8/h1-6H;1-6H. The van der Waals surface area contributed by atoms with Gasteiger partial charge in [-0.2, -0.15) is 4.99 Å². The van der Waals surface area contributed by atoms with Crippen molar-refractivity contribution in [3.63, 3.8) is 0 Å². The quantitative estimate of drug-likeness (QED) is 0.380. The molecule has 23 heavy (non-hydrogen) atoms. The lowest BCUT2D eigenvalue weighted by Crippen LogP contribution is -1.77. The maximum atomic E-state index is 4.50. The molecule has 2 aromatic carbocycles. The molecule has 0 spiro atoms. The molecule has 0 bridgehead atoms. The Morgan fingerprint density at radius 1 is 0.826 bits per heavy atom. The van der Waals surface area contributed by atoms with Crippen molar-refractivity contribution in [1.29, 1.82) is 0 Å². The Balaban J connectivity index is 0.000000140. The molecule has 0 aliphatic heterocycles. The topological polar surface area (TPSA) is 51.0 Å². The number of pyridine rings is 1. The molecule has 0 saturated heterocycles. The number of hydrogen-bond donors (Lipinski definition) is 0. The Labute approximate surface area is 138 Å². The van der Waals surface area contributed by atoms with E-state index < -0.39 is 0 Å². The third-order valence-corrected chi connectivity index (χ3v) is 3.25. The van der Waals surface area contributed by atoms with Crippen LogP contribution in [-0.2, 0) is 0 Å². The van der Waals surface area contributed by atoms with E-state index in [4.69, 9.17) is 0 Å². The Hall–Kier alpha value is -3.01. The second-order valence-electron chi connectivity index (χ2n) is 4.65. The van der Waals surface area contributed by atoms with Crippen LogP contribution in [0.15, 0.2) is 78.2 Å². The maximum Gasteiger partial charge on any atom is 0.163 e. The Morgan fingerprint density at radius 3 is 2.35 bits per heavy atom. The van der Waals surface area contributed by atoms with Crippen molar-refractivity contribution in [3.8, 4) is 0 Å². The summed E-state index contributed by atoms with van der Waals surface area (Å²) in [6.45, 7) is 0. The van der Waals surface area contributed by atoms with Crippen LogP contribution in [0.2, 0.25) is 0 Å². The first-order valence-electron chi connectivity index (χ1n) is 6.95. The first-order chi connectivity index (χ1) is 11.4. The molecule has 0 N–H and O–H groups in total. The zero-order valence-electron chi connectivity index (χ0n) is 12.1. The molecule has 4 nitrogen and oxygen atoms in total. The van der Waals surface area contributed by atoms with Gasteiger partial charge in [-0.3, -0.25) is 0 Å². The van der Waals surface area contributed by atoms with E-state index in [0.29, 0.717) is 5.82 Å². The average molecular weight is 316 g/mol. The molecule has 0 radical (unpaired) electrons. The normalized spacial score (nSPS) is 9.74. The van der Waals surface area contributed by atoms with E-state index in [-0.39, 0.29) is 0 Å². The molecular weight excluding hydrogens is 304 g/mol. The fourth-order valence-electron chi connectivity index (χ4n) is 2.09. The molecule has 0 fully saturated rings. The molecule has 0 aliphatic rings. The molecule has 0 unspecified atom stereocenters. The summed E-state index contributed by atoms with van der Waals surface area (Å²) < 4.78 is 0. The number of hydrogen-bond acceptors (Lipinski definition) is 5. The van der Waals surface area contributed by atoms with Crippen LogP contribution in [0.25, 0.3) is 21.8 Å². The average Bonchev–Trinajstić information content (AvgIpc) is 2.63. The zero-order chi connectivity index (χ0) is 15.9. The number of thiocarbonyl (C=S) groups is 1. The highest BCUT2D eigenvalue weighted by Gasteiger charge is 1.94. The number of isothiocyanates is 1. The fourth-order valence-corrected chi connectivity index (χ4v) is 2.18. The molecule has 4 aromatic rings. The van der Waals surface area contributed by atoms with Crippen molar-refractivity contribution >= 4 is 45.0 Å². The van der Waals surface area contributed by atoms with E-state index in [1.807, 2.05) is 66.9 Å². The fraction of sp³-hybridized carbons (Fsp3) is 0. The van der Waals surface area contributed by atoms with E-state index in [9.17, 15) is 0 Å². The van der Waals surface area contributed by atoms with Crippen LogP contribution in [0.4, 0.5) is 5.82 Å². The van der Waals surface area contributed by atoms with Crippen molar-refractivity contribution in [2.75, 3.05) is 0 Å². The first-order valence-corrected chi connectivity index (χ1v) is 7.36. The summed E-state index contributed by atoms with van der Waals surface area (Å²) in [6, 6.07) is 19.6. The molecule has 0 amide bonds. The second kappa shape index (κ2) is 7.31. The van der Waals surface area contributed by atoms with Crippen LogP contribution in [0.1, 0.15) is 0 Å². The van der Waals surface area contributed by atoms with Gasteiger partial charge >= 0.3 is 0 Å². The van der Waals surface area contributed by atoms with Gasteiger partial charge in [0.2, 0.25) is 0 Å². The van der Waals surface area contributed by atoms with Crippen molar-refractivity contribution < 1.29 is 0 Å². The molecule has 0 saturated carbocycles. The largest absolute Gasteiger partial charge is 0.244 e. The highest BCUT2D eigenvalue weighted by molar-refractivity contribution is 7.78. The van der Waals surface area contributed by atoms with Gasteiger partial charge in [0.25, 0.3) is 0 Å². The first kappa shape index (κ1) is 14.9. The summed E-state index contributed by atoms with van der Waals surface area (Å²) in [5.74, 6) is 0.605. The van der Waals surface area contributed by atoms with Crippen molar-refractivity contribution in [2.24, 2.45) is 4.99 Å². The van der Waals surface area contributed by atoms with E-state index in [0.717, 1.165) is 21.8 Å². The smallest absolute Gasteiger partial charge is 0.163 e. The summed E-state index contributed by atoms with van der Waals surface area (Å²) in [5.41, 5.74) is 1.92. The van der Waals surface area contributed by atoms with Crippen molar-refractivity contribution in [2.45, 2.75) is 0 Å². The predicted octanol–water partition coefficient (Wildman–Crippen LogP) is 4.60. The lowest BCUT2D eigenvalue weighted by Gasteiger charge is -1.95. The minimum absolute atomic E-state index is 0.605. The summed E-state index contributed by atoms with van der Waals surface area (Å²) in [4.78, 5) is 16.1. The molecule has 5 heteroatoms. The van der Waals surface area contributed by atoms with Gasteiger partial charge in [-0.1, -0.05) is 36.4 Å². The van der Waals surface area contributed by atoms with E-state index in [1.165, 1.54) is 0 Å². The summed E-state index contributed by atoms with van der Waals surface area (Å²) in [6.07, 6.45) is 3.37. The molecular formula is C18H12N4S. The molecule has 110 valence electrons. The van der Waals surface area contributed by atoms with E-state index in [2.05, 4.69) is 37.3 Å². The van der Waals surface area contributed by atoms with Crippen LogP contribution in [-0.4, -0.2) is 20.1 Å². The van der Waals surface area contributed by atoms with Gasteiger partial charge in [-0.05, 0) is 36.5 Å². The molecule has 2 aromatic heterocycles. The van der Waals surface area contributed by atoms with Crippen LogP contribution < -0.4 is 0 Å². The van der Waals surface area contributed by atoms with Gasteiger partial charge in [0, 0.05) is 17.0 Å². The third-order valence-electron chi connectivity index (χ3n) is 3.16. The van der Waals surface area contributed by atoms with Crippen LogP contribution in [0.5, 0.6) is 0 Å². The maximum absolute atomic E-state index is 4.50. The van der Waals surface area contributed by atoms with Gasteiger partial charge in [0.1, 0.15) is 6.33 Å². The predicted molar refractivity (Wildman–Crippen MR) is 96.0 cm³/mol. The highest BCUT2D eigenvalue weighted by Crippen LogP contribution is 2.15. The zero-order valence-corrected chi connectivity index (χ0v) is 12.9. The van der Waals surface area contributed by atoms with Gasteiger partial charge in [0.15, 0.2) is 5.82 Å². The molecule has 2 heterocycles. The van der Waals surface area contributed by atoms with Crippen LogP contribution in [0, 0.1) is 0 Å². The SMILES string of the molecule is S=C=Nc1ccc2ccccc2n1.c1ccc2ncncc2c1. The third kappa shape index (κ3) is 3.80. The summed E-state index contributed by atoms with van der Waals surface area (Å²) >= 11 is 4.50. The van der Waals surface area contributed by atoms with Gasteiger partial charge in [0.05, 0.1) is 16.2 Å². The van der Waals surface area contributed by atoms with E-state index >= 15 is 0 Å². The Morgan fingerprint density at radius 2 is 1.57 bits per heavy atom. The van der Waals surface area contributed by atoms with Crippen LogP contribution in [0.3, 0.4) is 0 Å². The molecule has 0 aliphatic carbocycles. The van der Waals surface area contributed by atoms with Gasteiger partial charge in [-0.25, -0.2) is 15.0 Å². The van der Waals surface area contributed by atoms with Gasteiger partial charge in [-0.15, -0.1) is 0 Å².